The molecular formula is C23H26N2O4. The summed E-state index contributed by atoms with van der Waals surface area (Å²) in [6, 6.07) is 16.9. The van der Waals surface area contributed by atoms with E-state index in [1.807, 2.05) is 54.6 Å². The summed E-state index contributed by atoms with van der Waals surface area (Å²) in [5.41, 5.74) is 2.89. The molecule has 1 atom stereocenters. The van der Waals surface area contributed by atoms with Gasteiger partial charge in [-0.05, 0) is 41.5 Å². The number of hydrogen-bond acceptors (Lipinski definition) is 4. The maximum atomic E-state index is 12.6. The molecule has 1 aliphatic carbocycles. The zero-order valence-corrected chi connectivity index (χ0v) is 16.2. The van der Waals surface area contributed by atoms with Crippen LogP contribution >= 0.6 is 0 Å². The molecule has 0 saturated heterocycles. The van der Waals surface area contributed by atoms with Crippen molar-refractivity contribution < 1.29 is 19.9 Å². The number of rotatable bonds is 8. The first-order valence-corrected chi connectivity index (χ1v) is 9.81. The zero-order valence-electron chi connectivity index (χ0n) is 16.2. The molecule has 0 aliphatic heterocycles. The van der Waals surface area contributed by atoms with E-state index in [-0.39, 0.29) is 5.92 Å². The summed E-state index contributed by atoms with van der Waals surface area (Å²) in [6.45, 7) is 0.381. The van der Waals surface area contributed by atoms with Crippen molar-refractivity contribution in [2.75, 3.05) is 0 Å². The van der Waals surface area contributed by atoms with Crippen molar-refractivity contribution in [2.45, 2.75) is 37.8 Å². The zero-order chi connectivity index (χ0) is 20.7. The topological polar surface area (TPSA) is 98.7 Å². The van der Waals surface area contributed by atoms with Gasteiger partial charge in [0.05, 0.1) is 0 Å². The summed E-state index contributed by atoms with van der Waals surface area (Å²) in [5.74, 6) is -1.44. The van der Waals surface area contributed by atoms with Gasteiger partial charge in [0.25, 0.3) is 5.91 Å². The van der Waals surface area contributed by atoms with Crippen molar-refractivity contribution in [1.29, 1.82) is 0 Å². The number of aliphatic carboxylic acids is 1. The van der Waals surface area contributed by atoms with E-state index >= 15 is 0 Å². The monoisotopic (exact) mass is 394 g/mol. The van der Waals surface area contributed by atoms with Gasteiger partial charge in [-0.1, -0.05) is 67.4 Å². The summed E-state index contributed by atoms with van der Waals surface area (Å²) in [5, 5.41) is 22.3. The van der Waals surface area contributed by atoms with Crippen LogP contribution in [-0.4, -0.2) is 22.2 Å². The van der Waals surface area contributed by atoms with E-state index in [0.717, 1.165) is 42.4 Å². The Hall–Kier alpha value is -2.96. The van der Waals surface area contributed by atoms with Gasteiger partial charge < -0.3 is 5.11 Å². The number of carbonyl (C=O) groups is 2. The highest BCUT2D eigenvalue weighted by Crippen LogP contribution is 2.41. The normalized spacial score (nSPS) is 16.6. The average molecular weight is 394 g/mol. The van der Waals surface area contributed by atoms with Crippen molar-refractivity contribution in [3.8, 4) is 0 Å². The van der Waals surface area contributed by atoms with Crippen LogP contribution in [0.3, 0.4) is 0 Å². The molecule has 6 heteroatoms. The van der Waals surface area contributed by atoms with Crippen LogP contribution in [-0.2, 0) is 21.7 Å². The molecule has 0 unspecified atom stereocenters. The highest BCUT2D eigenvalue weighted by atomic mass is 16.5. The highest BCUT2D eigenvalue weighted by molar-refractivity contribution is 5.90. The number of hydrogen-bond donors (Lipinski definition) is 4. The lowest BCUT2D eigenvalue weighted by molar-refractivity contribution is -0.148. The molecule has 0 spiro atoms. The molecule has 0 radical (unpaired) electrons. The number of nitrogens with one attached hydrogen (secondary N) is 2. The largest absolute Gasteiger partial charge is 0.480 e. The van der Waals surface area contributed by atoms with Crippen LogP contribution < -0.4 is 10.8 Å². The molecule has 29 heavy (non-hydrogen) atoms. The van der Waals surface area contributed by atoms with Gasteiger partial charge in [0, 0.05) is 12.6 Å². The number of carboxylic acid groups (broad SMARTS) is 1. The predicted molar refractivity (Wildman–Crippen MR) is 110 cm³/mol. The van der Waals surface area contributed by atoms with E-state index < -0.39 is 17.4 Å². The second kappa shape index (κ2) is 9.49. The fourth-order valence-electron chi connectivity index (χ4n) is 4.17. The summed E-state index contributed by atoms with van der Waals surface area (Å²) in [7, 11) is 0. The Morgan fingerprint density at radius 1 is 1.07 bits per heavy atom. The van der Waals surface area contributed by atoms with Gasteiger partial charge in [0.1, 0.15) is 5.54 Å². The molecule has 2 aromatic carbocycles. The molecule has 0 bridgehead atoms. The van der Waals surface area contributed by atoms with Gasteiger partial charge in [0.15, 0.2) is 0 Å². The van der Waals surface area contributed by atoms with Crippen molar-refractivity contribution in [1.82, 2.24) is 10.8 Å². The fraction of sp³-hybridized carbons (Fsp3) is 0.304. The smallest absolute Gasteiger partial charge is 0.328 e. The molecule has 1 aliphatic rings. The quantitative estimate of drug-likeness (QED) is 0.312. The summed E-state index contributed by atoms with van der Waals surface area (Å²) in [4.78, 5) is 23.7. The highest BCUT2D eigenvalue weighted by Gasteiger charge is 2.47. The van der Waals surface area contributed by atoms with Crippen LogP contribution in [0.1, 0.15) is 42.4 Å². The van der Waals surface area contributed by atoms with Crippen molar-refractivity contribution >= 4 is 18.0 Å². The van der Waals surface area contributed by atoms with E-state index in [0.29, 0.717) is 6.54 Å². The van der Waals surface area contributed by atoms with E-state index in [2.05, 4.69) is 5.32 Å². The van der Waals surface area contributed by atoms with Crippen molar-refractivity contribution in [3.63, 3.8) is 0 Å². The Balaban J connectivity index is 1.87. The summed E-state index contributed by atoms with van der Waals surface area (Å²) in [6.07, 6.45) is 6.67. The molecule has 0 heterocycles. The number of benzene rings is 2. The molecule has 2 aromatic rings. The number of hydroxylamine groups is 1. The van der Waals surface area contributed by atoms with E-state index in [9.17, 15) is 14.7 Å². The van der Waals surface area contributed by atoms with Crippen LogP contribution in [0.25, 0.3) is 6.08 Å². The first kappa shape index (κ1) is 20.8. The van der Waals surface area contributed by atoms with Crippen LogP contribution in [0.5, 0.6) is 0 Å². The van der Waals surface area contributed by atoms with Gasteiger partial charge in [-0.25, -0.2) is 10.3 Å². The lowest BCUT2D eigenvalue weighted by Gasteiger charge is -2.37. The predicted octanol–water partition coefficient (Wildman–Crippen LogP) is 3.47. The fourth-order valence-corrected chi connectivity index (χ4v) is 4.17. The minimum absolute atomic E-state index is 0.0266. The van der Waals surface area contributed by atoms with Gasteiger partial charge in [-0.3, -0.25) is 15.3 Å². The third-order valence-corrected chi connectivity index (χ3v) is 5.59. The first-order chi connectivity index (χ1) is 14.1. The van der Waals surface area contributed by atoms with Gasteiger partial charge in [-0.15, -0.1) is 0 Å². The Morgan fingerprint density at radius 3 is 2.45 bits per heavy atom. The molecular weight excluding hydrogens is 368 g/mol. The van der Waals surface area contributed by atoms with E-state index in [1.165, 1.54) is 6.08 Å². The van der Waals surface area contributed by atoms with E-state index in [4.69, 9.17) is 5.21 Å². The molecule has 0 aromatic heterocycles. The molecule has 1 amide bonds. The van der Waals surface area contributed by atoms with Crippen molar-refractivity contribution in [3.05, 3.63) is 77.4 Å². The molecule has 4 N–H and O–H groups in total. The Morgan fingerprint density at radius 2 is 1.79 bits per heavy atom. The van der Waals surface area contributed by atoms with E-state index in [1.54, 1.807) is 11.6 Å². The lowest BCUT2D eigenvalue weighted by atomic mass is 9.76. The molecule has 3 rings (SSSR count). The standard InChI is InChI=1S/C23H26N2O4/c26-21(25-29)14-13-17-7-6-8-18(15-17)16-24-23(22(27)28,20-11-4-5-12-20)19-9-2-1-3-10-19/h1-3,6-10,13-15,20,24,29H,4-5,11-12,16H2,(H,25,26)(H,27,28)/b14-13+/t23-/m1/s1. The van der Waals surface area contributed by atoms with Crippen molar-refractivity contribution in [2.24, 2.45) is 5.92 Å². The third kappa shape index (κ3) is 4.72. The second-order valence-corrected chi connectivity index (χ2v) is 7.37. The molecule has 1 fully saturated rings. The number of carboxylic acids is 1. The van der Waals surface area contributed by atoms with Gasteiger partial charge in [-0.2, -0.15) is 0 Å². The molecule has 1 saturated carbocycles. The third-order valence-electron chi connectivity index (χ3n) is 5.59. The minimum atomic E-state index is -1.14. The van der Waals surface area contributed by atoms with Crippen LogP contribution in [0.15, 0.2) is 60.7 Å². The average Bonchev–Trinajstić information content (AvgIpc) is 3.28. The Bertz CT molecular complexity index is 875. The minimum Gasteiger partial charge on any atom is -0.480 e. The summed E-state index contributed by atoms with van der Waals surface area (Å²) < 4.78 is 0. The van der Waals surface area contributed by atoms with Crippen LogP contribution in [0.4, 0.5) is 0 Å². The maximum Gasteiger partial charge on any atom is 0.328 e. The van der Waals surface area contributed by atoms with Gasteiger partial charge >= 0.3 is 5.97 Å². The molecule has 152 valence electrons. The Labute approximate surface area is 170 Å². The Kier molecular flexibility index (Phi) is 6.80. The van der Waals surface area contributed by atoms with Crippen LogP contribution in [0, 0.1) is 5.92 Å². The SMILES string of the molecule is O=C(/C=C/c1cccc(CN[C@](C(=O)O)(c2ccccc2)C2CCCC2)c1)NO. The number of amides is 1. The lowest BCUT2D eigenvalue weighted by Crippen LogP contribution is -2.53. The maximum absolute atomic E-state index is 12.6. The van der Waals surface area contributed by atoms with Gasteiger partial charge in [0.2, 0.25) is 0 Å². The molecule has 6 nitrogen and oxygen atoms in total. The summed E-state index contributed by atoms with van der Waals surface area (Å²) >= 11 is 0. The second-order valence-electron chi connectivity index (χ2n) is 7.37. The van der Waals surface area contributed by atoms with Crippen LogP contribution in [0.2, 0.25) is 0 Å². The number of carbonyl (C=O) groups excluding carboxylic acids is 1. The first-order valence-electron chi connectivity index (χ1n) is 9.81.